The van der Waals surface area contributed by atoms with Gasteiger partial charge < -0.3 is 10.2 Å². The molecular formula is C29H33FN2O2S. The molecule has 184 valence electrons. The van der Waals surface area contributed by atoms with E-state index in [1.54, 1.807) is 17.0 Å². The molecule has 2 amide bonds. The molecule has 6 heteroatoms. The molecule has 1 atom stereocenters. The topological polar surface area (TPSA) is 49.4 Å². The summed E-state index contributed by atoms with van der Waals surface area (Å²) in [7, 11) is 0. The Bertz CT molecular complexity index is 1090. The predicted octanol–water partition coefficient (Wildman–Crippen LogP) is 5.64. The first-order chi connectivity index (χ1) is 16.8. The standard InChI is InChI=1S/C29H33FN2O2S/c1-21(2)18-31-29(34)27(17-23-7-5-4-6-8-23)32(19-24-11-13-25(30)14-12-24)28(33)20-35-26-15-9-22(3)10-16-26/h4-16,21,27H,17-20H2,1-3H3,(H,31,34). The zero-order valence-electron chi connectivity index (χ0n) is 20.5. The minimum Gasteiger partial charge on any atom is -0.354 e. The number of halogens is 1. The molecule has 0 bridgehead atoms. The molecule has 0 fully saturated rings. The monoisotopic (exact) mass is 492 g/mol. The van der Waals surface area contributed by atoms with Crippen LogP contribution in [-0.4, -0.2) is 35.1 Å². The van der Waals surface area contributed by atoms with Gasteiger partial charge in [-0.3, -0.25) is 9.59 Å². The molecule has 0 aromatic heterocycles. The third-order valence-corrected chi connectivity index (χ3v) is 6.60. The Morgan fingerprint density at radius 1 is 0.914 bits per heavy atom. The lowest BCUT2D eigenvalue weighted by Gasteiger charge is -2.31. The quantitative estimate of drug-likeness (QED) is 0.353. The summed E-state index contributed by atoms with van der Waals surface area (Å²) in [6, 6.07) is 23.1. The maximum atomic E-state index is 13.6. The first-order valence-corrected chi connectivity index (χ1v) is 12.9. The first kappa shape index (κ1) is 26.5. The Morgan fingerprint density at radius 3 is 2.20 bits per heavy atom. The minimum absolute atomic E-state index is 0.138. The first-order valence-electron chi connectivity index (χ1n) is 11.9. The second-order valence-corrected chi connectivity index (χ2v) is 10.1. The number of nitrogens with one attached hydrogen (secondary N) is 1. The van der Waals surface area contributed by atoms with Crippen LogP contribution in [0.5, 0.6) is 0 Å². The van der Waals surface area contributed by atoms with Crippen molar-refractivity contribution < 1.29 is 14.0 Å². The van der Waals surface area contributed by atoms with Crippen LogP contribution in [0.15, 0.2) is 83.8 Å². The Balaban J connectivity index is 1.88. The van der Waals surface area contributed by atoms with Crippen LogP contribution in [0.4, 0.5) is 4.39 Å². The second kappa shape index (κ2) is 13.1. The van der Waals surface area contributed by atoms with Crippen molar-refractivity contribution in [1.82, 2.24) is 10.2 Å². The van der Waals surface area contributed by atoms with Crippen molar-refractivity contribution in [3.8, 4) is 0 Å². The number of amides is 2. The molecule has 1 unspecified atom stereocenters. The molecular weight excluding hydrogens is 459 g/mol. The average Bonchev–Trinajstić information content (AvgIpc) is 2.86. The molecule has 3 aromatic rings. The third-order valence-electron chi connectivity index (χ3n) is 5.61. The van der Waals surface area contributed by atoms with E-state index in [0.29, 0.717) is 13.0 Å². The van der Waals surface area contributed by atoms with Gasteiger partial charge in [0.15, 0.2) is 0 Å². The van der Waals surface area contributed by atoms with Crippen LogP contribution in [-0.2, 0) is 22.6 Å². The Labute approximate surface area is 211 Å². The maximum Gasteiger partial charge on any atom is 0.243 e. The van der Waals surface area contributed by atoms with Gasteiger partial charge in [0.2, 0.25) is 11.8 Å². The van der Waals surface area contributed by atoms with Gasteiger partial charge in [-0.25, -0.2) is 4.39 Å². The Morgan fingerprint density at radius 2 is 1.57 bits per heavy atom. The molecule has 0 spiro atoms. The van der Waals surface area contributed by atoms with Crippen molar-refractivity contribution in [2.24, 2.45) is 5.92 Å². The van der Waals surface area contributed by atoms with Gasteiger partial charge in [-0.05, 0) is 48.2 Å². The number of rotatable bonds is 11. The summed E-state index contributed by atoms with van der Waals surface area (Å²) in [6.45, 7) is 6.84. The van der Waals surface area contributed by atoms with Crippen molar-refractivity contribution in [3.05, 3.63) is 101 Å². The van der Waals surface area contributed by atoms with Gasteiger partial charge in [-0.1, -0.05) is 74.0 Å². The van der Waals surface area contributed by atoms with Crippen LogP contribution in [0.1, 0.15) is 30.5 Å². The average molecular weight is 493 g/mol. The lowest BCUT2D eigenvalue weighted by atomic mass is 10.0. The summed E-state index contributed by atoms with van der Waals surface area (Å²) < 4.78 is 13.5. The number of hydrogen-bond acceptors (Lipinski definition) is 3. The lowest BCUT2D eigenvalue weighted by Crippen LogP contribution is -2.51. The summed E-state index contributed by atoms with van der Waals surface area (Å²) in [5.41, 5.74) is 2.90. The molecule has 0 aliphatic rings. The van der Waals surface area contributed by atoms with Crippen LogP contribution in [0, 0.1) is 18.7 Å². The lowest BCUT2D eigenvalue weighted by molar-refractivity contribution is -0.139. The van der Waals surface area contributed by atoms with E-state index in [2.05, 4.69) is 5.32 Å². The predicted molar refractivity (Wildman–Crippen MR) is 141 cm³/mol. The summed E-state index contributed by atoms with van der Waals surface area (Å²) in [4.78, 5) is 29.6. The number of benzene rings is 3. The van der Waals surface area contributed by atoms with E-state index < -0.39 is 6.04 Å². The van der Waals surface area contributed by atoms with Crippen LogP contribution in [0.3, 0.4) is 0 Å². The summed E-state index contributed by atoms with van der Waals surface area (Å²) >= 11 is 1.45. The minimum atomic E-state index is -0.688. The molecule has 3 rings (SSSR count). The maximum absolute atomic E-state index is 13.6. The Hall–Kier alpha value is -3.12. The summed E-state index contributed by atoms with van der Waals surface area (Å²) in [5, 5.41) is 3.01. The van der Waals surface area contributed by atoms with Gasteiger partial charge in [0.1, 0.15) is 11.9 Å². The van der Waals surface area contributed by atoms with Crippen LogP contribution < -0.4 is 5.32 Å². The molecule has 0 radical (unpaired) electrons. The van der Waals surface area contributed by atoms with Crippen molar-refractivity contribution in [1.29, 1.82) is 0 Å². The van der Waals surface area contributed by atoms with Crippen molar-refractivity contribution in [3.63, 3.8) is 0 Å². The molecule has 0 saturated carbocycles. The fourth-order valence-electron chi connectivity index (χ4n) is 3.63. The van der Waals surface area contributed by atoms with E-state index in [4.69, 9.17) is 0 Å². The van der Waals surface area contributed by atoms with Crippen molar-refractivity contribution >= 4 is 23.6 Å². The van der Waals surface area contributed by atoms with Crippen molar-refractivity contribution in [2.45, 2.75) is 44.7 Å². The third kappa shape index (κ3) is 8.55. The van der Waals surface area contributed by atoms with E-state index in [-0.39, 0.29) is 35.8 Å². The smallest absolute Gasteiger partial charge is 0.243 e. The highest BCUT2D eigenvalue weighted by molar-refractivity contribution is 8.00. The van der Waals surface area contributed by atoms with E-state index in [9.17, 15) is 14.0 Å². The largest absolute Gasteiger partial charge is 0.354 e. The molecule has 0 saturated heterocycles. The van der Waals surface area contributed by atoms with E-state index >= 15 is 0 Å². The molecule has 3 aromatic carbocycles. The normalized spacial score (nSPS) is 11.8. The highest BCUT2D eigenvalue weighted by Gasteiger charge is 2.30. The molecule has 35 heavy (non-hydrogen) atoms. The highest BCUT2D eigenvalue weighted by atomic mass is 32.2. The number of aryl methyl sites for hydroxylation is 1. The van der Waals surface area contributed by atoms with Gasteiger partial charge in [0.05, 0.1) is 5.75 Å². The van der Waals surface area contributed by atoms with E-state index in [1.165, 1.54) is 23.9 Å². The number of hydrogen-bond donors (Lipinski definition) is 1. The second-order valence-electron chi connectivity index (χ2n) is 9.09. The number of carbonyl (C=O) groups excluding carboxylic acids is 2. The fraction of sp³-hybridized carbons (Fsp3) is 0.310. The van der Waals surface area contributed by atoms with Gasteiger partial charge in [-0.15, -0.1) is 11.8 Å². The number of thioether (sulfide) groups is 1. The highest BCUT2D eigenvalue weighted by Crippen LogP contribution is 2.22. The molecule has 0 heterocycles. The van der Waals surface area contributed by atoms with Crippen LogP contribution in [0.2, 0.25) is 0 Å². The SMILES string of the molecule is Cc1ccc(SCC(=O)N(Cc2ccc(F)cc2)C(Cc2ccccc2)C(=O)NCC(C)C)cc1. The summed E-state index contributed by atoms with van der Waals surface area (Å²) in [5.74, 6) is -0.168. The van der Waals surface area contributed by atoms with Gasteiger partial charge in [0, 0.05) is 24.4 Å². The van der Waals surface area contributed by atoms with E-state index in [1.807, 2.05) is 75.4 Å². The number of carbonyl (C=O) groups is 2. The zero-order valence-corrected chi connectivity index (χ0v) is 21.4. The van der Waals surface area contributed by atoms with Gasteiger partial charge >= 0.3 is 0 Å². The fourth-order valence-corrected chi connectivity index (χ4v) is 4.41. The molecule has 1 N–H and O–H groups in total. The van der Waals surface area contributed by atoms with Crippen LogP contribution >= 0.6 is 11.8 Å². The summed E-state index contributed by atoms with van der Waals surface area (Å²) in [6.07, 6.45) is 0.396. The molecule has 4 nitrogen and oxygen atoms in total. The van der Waals surface area contributed by atoms with Gasteiger partial charge in [0.25, 0.3) is 0 Å². The molecule has 0 aliphatic heterocycles. The van der Waals surface area contributed by atoms with Gasteiger partial charge in [-0.2, -0.15) is 0 Å². The van der Waals surface area contributed by atoms with E-state index in [0.717, 1.165) is 21.6 Å². The zero-order chi connectivity index (χ0) is 25.2. The van der Waals surface area contributed by atoms with Crippen LogP contribution in [0.25, 0.3) is 0 Å². The number of nitrogens with zero attached hydrogens (tertiary/aromatic N) is 1. The Kier molecular flexibility index (Phi) is 9.91. The van der Waals surface area contributed by atoms with Crippen molar-refractivity contribution in [2.75, 3.05) is 12.3 Å². The molecule has 0 aliphatic carbocycles.